The van der Waals surface area contributed by atoms with Crippen LogP contribution in [-0.2, 0) is 0 Å². The zero-order valence-corrected chi connectivity index (χ0v) is 8.49. The molecule has 0 spiro atoms. The van der Waals surface area contributed by atoms with E-state index < -0.39 is 0 Å². The van der Waals surface area contributed by atoms with E-state index in [1.54, 1.807) is 0 Å². The van der Waals surface area contributed by atoms with E-state index in [1.807, 2.05) is 25.1 Å². The minimum atomic E-state index is 0.215. The van der Waals surface area contributed by atoms with Crippen LogP contribution >= 0.6 is 0 Å². The Morgan fingerprint density at radius 3 is 2.86 bits per heavy atom. The second-order valence-corrected chi connectivity index (χ2v) is 3.27. The fraction of sp³-hybridized carbons (Fsp3) is 0.455. The average molecular weight is 195 g/mol. The first-order chi connectivity index (χ1) is 6.75. The number of hydrogen-bond acceptors (Lipinski definition) is 3. The minimum absolute atomic E-state index is 0.215. The van der Waals surface area contributed by atoms with Crippen LogP contribution in [0.15, 0.2) is 18.2 Å². The Labute approximate surface area is 84.5 Å². The van der Waals surface area contributed by atoms with Gasteiger partial charge in [0.25, 0.3) is 0 Å². The van der Waals surface area contributed by atoms with Gasteiger partial charge in [-0.2, -0.15) is 0 Å². The van der Waals surface area contributed by atoms with Crippen LogP contribution in [0.25, 0.3) is 0 Å². The standard InChI is InChI=1S/C11H17NO2/c1-9-5-4-6-10(11(9)12)14-8-3-2-7-13/h4-6,13H,2-3,7-8,12H2,1H3. The van der Waals surface area contributed by atoms with E-state index in [4.69, 9.17) is 15.6 Å². The summed E-state index contributed by atoms with van der Waals surface area (Å²) in [6.07, 6.45) is 1.62. The van der Waals surface area contributed by atoms with Gasteiger partial charge in [0.1, 0.15) is 5.75 Å². The Morgan fingerprint density at radius 1 is 1.36 bits per heavy atom. The molecule has 3 heteroatoms. The Bertz CT molecular complexity index is 287. The van der Waals surface area contributed by atoms with Crippen LogP contribution in [0.2, 0.25) is 0 Å². The molecule has 0 saturated heterocycles. The van der Waals surface area contributed by atoms with E-state index in [0.717, 1.165) is 24.2 Å². The molecule has 0 aliphatic carbocycles. The molecule has 0 aromatic heterocycles. The molecule has 0 atom stereocenters. The SMILES string of the molecule is Cc1cccc(OCCCCO)c1N. The van der Waals surface area contributed by atoms with E-state index in [1.165, 1.54) is 0 Å². The van der Waals surface area contributed by atoms with Crippen LogP contribution in [0.5, 0.6) is 5.75 Å². The van der Waals surface area contributed by atoms with Crippen molar-refractivity contribution in [3.05, 3.63) is 23.8 Å². The van der Waals surface area contributed by atoms with Crippen molar-refractivity contribution in [2.45, 2.75) is 19.8 Å². The van der Waals surface area contributed by atoms with Gasteiger partial charge >= 0.3 is 0 Å². The van der Waals surface area contributed by atoms with Crippen molar-refractivity contribution in [1.29, 1.82) is 0 Å². The van der Waals surface area contributed by atoms with Gasteiger partial charge in [0, 0.05) is 6.61 Å². The number of rotatable bonds is 5. The zero-order chi connectivity index (χ0) is 10.4. The van der Waals surface area contributed by atoms with Crippen LogP contribution in [0, 0.1) is 6.92 Å². The molecule has 0 fully saturated rings. The molecule has 1 aromatic rings. The van der Waals surface area contributed by atoms with E-state index in [0.29, 0.717) is 12.3 Å². The number of unbranched alkanes of at least 4 members (excludes halogenated alkanes) is 1. The lowest BCUT2D eigenvalue weighted by Crippen LogP contribution is -2.02. The van der Waals surface area contributed by atoms with Crippen molar-refractivity contribution in [2.24, 2.45) is 0 Å². The number of aliphatic hydroxyl groups is 1. The topological polar surface area (TPSA) is 55.5 Å². The Kier molecular flexibility index (Phi) is 4.26. The maximum absolute atomic E-state index is 8.58. The Hall–Kier alpha value is -1.22. The Balaban J connectivity index is 2.46. The van der Waals surface area contributed by atoms with Crippen LogP contribution in [0.3, 0.4) is 0 Å². The number of benzene rings is 1. The fourth-order valence-electron chi connectivity index (χ4n) is 1.18. The smallest absolute Gasteiger partial charge is 0.142 e. The van der Waals surface area contributed by atoms with E-state index in [2.05, 4.69) is 0 Å². The fourth-order valence-corrected chi connectivity index (χ4v) is 1.18. The molecule has 1 aromatic carbocycles. The van der Waals surface area contributed by atoms with Crippen molar-refractivity contribution in [3.63, 3.8) is 0 Å². The summed E-state index contributed by atoms with van der Waals surface area (Å²) in [5, 5.41) is 8.58. The molecule has 0 aliphatic rings. The molecule has 3 nitrogen and oxygen atoms in total. The summed E-state index contributed by atoms with van der Waals surface area (Å²) in [5.74, 6) is 0.739. The van der Waals surface area contributed by atoms with Crippen molar-refractivity contribution in [3.8, 4) is 5.75 Å². The third kappa shape index (κ3) is 2.92. The molecule has 0 radical (unpaired) electrons. The third-order valence-corrected chi connectivity index (χ3v) is 2.09. The van der Waals surface area contributed by atoms with Gasteiger partial charge in [0.15, 0.2) is 0 Å². The lowest BCUT2D eigenvalue weighted by Gasteiger charge is -2.09. The Morgan fingerprint density at radius 2 is 2.14 bits per heavy atom. The molecular weight excluding hydrogens is 178 g/mol. The normalized spacial score (nSPS) is 10.1. The summed E-state index contributed by atoms with van der Waals surface area (Å²) in [5.41, 5.74) is 7.56. The monoisotopic (exact) mass is 195 g/mol. The summed E-state index contributed by atoms with van der Waals surface area (Å²) in [4.78, 5) is 0. The first kappa shape index (κ1) is 10.9. The highest BCUT2D eigenvalue weighted by atomic mass is 16.5. The van der Waals surface area contributed by atoms with Crippen molar-refractivity contribution in [1.82, 2.24) is 0 Å². The molecule has 0 unspecified atom stereocenters. The molecule has 0 aliphatic heterocycles. The van der Waals surface area contributed by atoms with Gasteiger partial charge in [0.05, 0.1) is 12.3 Å². The highest BCUT2D eigenvalue weighted by molar-refractivity contribution is 5.57. The highest BCUT2D eigenvalue weighted by Gasteiger charge is 2.01. The molecule has 0 saturated carbocycles. The molecular formula is C11H17NO2. The molecule has 0 bridgehead atoms. The van der Waals surface area contributed by atoms with Gasteiger partial charge in [-0.1, -0.05) is 12.1 Å². The summed E-state index contributed by atoms with van der Waals surface area (Å²) in [6.45, 7) is 2.77. The van der Waals surface area contributed by atoms with Crippen molar-refractivity contribution < 1.29 is 9.84 Å². The maximum Gasteiger partial charge on any atom is 0.142 e. The first-order valence-corrected chi connectivity index (χ1v) is 4.84. The van der Waals surface area contributed by atoms with Gasteiger partial charge in [-0.05, 0) is 31.4 Å². The molecule has 78 valence electrons. The largest absolute Gasteiger partial charge is 0.491 e. The van der Waals surface area contributed by atoms with Gasteiger partial charge in [-0.3, -0.25) is 0 Å². The predicted molar refractivity (Wildman–Crippen MR) is 57.4 cm³/mol. The zero-order valence-electron chi connectivity index (χ0n) is 8.49. The lowest BCUT2D eigenvalue weighted by molar-refractivity contribution is 0.253. The maximum atomic E-state index is 8.58. The van der Waals surface area contributed by atoms with Crippen LogP contribution < -0.4 is 10.5 Å². The third-order valence-electron chi connectivity index (χ3n) is 2.09. The summed E-state index contributed by atoms with van der Waals surface area (Å²) >= 11 is 0. The number of anilines is 1. The van der Waals surface area contributed by atoms with Gasteiger partial charge in [0.2, 0.25) is 0 Å². The van der Waals surface area contributed by atoms with Crippen LogP contribution in [0.1, 0.15) is 18.4 Å². The quantitative estimate of drug-likeness (QED) is 0.555. The van der Waals surface area contributed by atoms with Gasteiger partial charge in [-0.15, -0.1) is 0 Å². The number of hydrogen-bond donors (Lipinski definition) is 2. The second kappa shape index (κ2) is 5.50. The number of aliphatic hydroxyl groups excluding tert-OH is 1. The molecule has 0 heterocycles. The van der Waals surface area contributed by atoms with Crippen LogP contribution in [-0.4, -0.2) is 18.3 Å². The molecule has 0 amide bonds. The lowest BCUT2D eigenvalue weighted by atomic mass is 10.2. The highest BCUT2D eigenvalue weighted by Crippen LogP contribution is 2.24. The number of ether oxygens (including phenoxy) is 1. The minimum Gasteiger partial charge on any atom is -0.491 e. The van der Waals surface area contributed by atoms with Crippen molar-refractivity contribution >= 4 is 5.69 Å². The van der Waals surface area contributed by atoms with E-state index in [9.17, 15) is 0 Å². The molecule has 3 N–H and O–H groups in total. The molecule has 14 heavy (non-hydrogen) atoms. The molecule has 1 rings (SSSR count). The average Bonchev–Trinajstić information content (AvgIpc) is 2.19. The summed E-state index contributed by atoms with van der Waals surface area (Å²) < 4.78 is 5.48. The summed E-state index contributed by atoms with van der Waals surface area (Å²) in [6, 6.07) is 5.74. The summed E-state index contributed by atoms with van der Waals surface area (Å²) in [7, 11) is 0. The van der Waals surface area contributed by atoms with Gasteiger partial charge in [-0.25, -0.2) is 0 Å². The second-order valence-electron chi connectivity index (χ2n) is 3.27. The van der Waals surface area contributed by atoms with Crippen LogP contribution in [0.4, 0.5) is 5.69 Å². The number of para-hydroxylation sites is 1. The van der Waals surface area contributed by atoms with Crippen molar-refractivity contribution in [2.75, 3.05) is 18.9 Å². The predicted octanol–water partition coefficient (Wildman–Crippen LogP) is 1.73. The van der Waals surface area contributed by atoms with Gasteiger partial charge < -0.3 is 15.6 Å². The van der Waals surface area contributed by atoms with E-state index in [-0.39, 0.29) is 6.61 Å². The number of nitrogen functional groups attached to an aromatic ring is 1. The first-order valence-electron chi connectivity index (χ1n) is 4.84. The van der Waals surface area contributed by atoms with E-state index >= 15 is 0 Å². The number of aryl methyl sites for hydroxylation is 1. The number of nitrogens with two attached hydrogens (primary N) is 1.